The molecule has 0 aromatic rings. The fourth-order valence-corrected chi connectivity index (χ4v) is 2.03. The fourth-order valence-electron chi connectivity index (χ4n) is 2.03. The second kappa shape index (κ2) is 3.21. The summed E-state index contributed by atoms with van der Waals surface area (Å²) in [5, 5.41) is 0. The number of hydrogen-bond acceptors (Lipinski definition) is 0. The fraction of sp³-hybridized carbons (Fsp3) is 0.231. The van der Waals surface area contributed by atoms with Crippen molar-refractivity contribution in [2.24, 2.45) is 0 Å². The topological polar surface area (TPSA) is 0 Å². The molecule has 0 N–H and O–H groups in total. The van der Waals surface area contributed by atoms with E-state index in [1.165, 1.54) is 22.3 Å². The minimum absolute atomic E-state index is 0.998. The minimum Gasteiger partial charge on any atom is -0.0988 e. The molecule has 0 spiro atoms. The van der Waals surface area contributed by atoms with Gasteiger partial charge in [-0.25, -0.2) is 0 Å². The van der Waals surface area contributed by atoms with E-state index in [-0.39, 0.29) is 0 Å². The average molecular weight is 170 g/mol. The van der Waals surface area contributed by atoms with E-state index in [0.29, 0.717) is 0 Å². The molecule has 0 saturated heterocycles. The summed E-state index contributed by atoms with van der Waals surface area (Å²) in [4.78, 5) is 0. The molecule has 0 atom stereocenters. The van der Waals surface area contributed by atoms with E-state index in [9.17, 15) is 0 Å². The molecule has 1 saturated carbocycles. The van der Waals surface area contributed by atoms with Crippen LogP contribution in [0.3, 0.4) is 0 Å². The maximum atomic E-state index is 4.10. The SMILES string of the molecule is C=CC1=C2C(=C)CCC2=CC=CC1. The maximum Gasteiger partial charge on any atom is -0.00884 e. The number of fused-ring (bicyclic) bond motifs is 1. The van der Waals surface area contributed by atoms with Crippen molar-refractivity contribution in [2.45, 2.75) is 19.3 Å². The van der Waals surface area contributed by atoms with Crippen molar-refractivity contribution in [3.63, 3.8) is 0 Å². The molecule has 0 heterocycles. The number of rotatable bonds is 1. The summed E-state index contributed by atoms with van der Waals surface area (Å²) in [5.41, 5.74) is 5.43. The van der Waals surface area contributed by atoms with Gasteiger partial charge in [-0.05, 0) is 41.6 Å². The predicted octanol–water partition coefficient (Wildman–Crippen LogP) is 3.71. The van der Waals surface area contributed by atoms with Crippen LogP contribution in [0.4, 0.5) is 0 Å². The second-order valence-electron chi connectivity index (χ2n) is 3.53. The highest BCUT2D eigenvalue weighted by Crippen LogP contribution is 2.38. The first-order valence-electron chi connectivity index (χ1n) is 4.72. The van der Waals surface area contributed by atoms with E-state index < -0.39 is 0 Å². The number of hydrogen-bond donors (Lipinski definition) is 0. The van der Waals surface area contributed by atoms with Gasteiger partial charge >= 0.3 is 0 Å². The second-order valence-corrected chi connectivity index (χ2v) is 3.53. The lowest BCUT2D eigenvalue weighted by molar-refractivity contribution is 1.06. The molecule has 2 aliphatic carbocycles. The van der Waals surface area contributed by atoms with Gasteiger partial charge in [0.05, 0.1) is 0 Å². The average Bonchev–Trinajstić information content (AvgIpc) is 2.39. The van der Waals surface area contributed by atoms with Crippen LogP contribution in [0.5, 0.6) is 0 Å². The van der Waals surface area contributed by atoms with Crippen LogP contribution < -0.4 is 0 Å². The largest absolute Gasteiger partial charge is 0.0988 e. The van der Waals surface area contributed by atoms with E-state index in [4.69, 9.17) is 0 Å². The van der Waals surface area contributed by atoms with Crippen LogP contribution in [0.15, 0.2) is 59.8 Å². The molecule has 0 nitrogen and oxygen atoms in total. The van der Waals surface area contributed by atoms with Gasteiger partial charge in [-0.15, -0.1) is 0 Å². The van der Waals surface area contributed by atoms with Gasteiger partial charge in [-0.3, -0.25) is 0 Å². The van der Waals surface area contributed by atoms with Crippen molar-refractivity contribution in [1.82, 2.24) is 0 Å². The summed E-state index contributed by atoms with van der Waals surface area (Å²) in [6.45, 7) is 7.96. The van der Waals surface area contributed by atoms with Gasteiger partial charge in [-0.2, -0.15) is 0 Å². The third kappa shape index (κ3) is 1.33. The Morgan fingerprint density at radius 1 is 1.31 bits per heavy atom. The zero-order chi connectivity index (χ0) is 9.26. The molecule has 2 rings (SSSR count). The first kappa shape index (κ1) is 8.31. The van der Waals surface area contributed by atoms with E-state index in [1.54, 1.807) is 0 Å². The molecule has 0 aromatic heterocycles. The highest BCUT2D eigenvalue weighted by molar-refractivity contribution is 5.57. The zero-order valence-electron chi connectivity index (χ0n) is 7.84. The molecule has 0 amide bonds. The Hall–Kier alpha value is -1.30. The third-order valence-electron chi connectivity index (χ3n) is 2.71. The summed E-state index contributed by atoms with van der Waals surface area (Å²) >= 11 is 0. The highest BCUT2D eigenvalue weighted by atomic mass is 14.2. The smallest absolute Gasteiger partial charge is 0.00884 e. The van der Waals surface area contributed by atoms with E-state index in [2.05, 4.69) is 31.4 Å². The van der Waals surface area contributed by atoms with Crippen LogP contribution in [0.2, 0.25) is 0 Å². The molecule has 0 unspecified atom stereocenters. The zero-order valence-corrected chi connectivity index (χ0v) is 7.84. The summed E-state index contributed by atoms with van der Waals surface area (Å²) in [5.74, 6) is 0. The van der Waals surface area contributed by atoms with Gasteiger partial charge in [0.25, 0.3) is 0 Å². The molecule has 0 radical (unpaired) electrons. The van der Waals surface area contributed by atoms with Crippen LogP contribution in [-0.2, 0) is 0 Å². The van der Waals surface area contributed by atoms with Gasteiger partial charge in [0.1, 0.15) is 0 Å². The Morgan fingerprint density at radius 2 is 2.15 bits per heavy atom. The Bertz CT molecular complexity index is 348. The van der Waals surface area contributed by atoms with Crippen molar-refractivity contribution in [3.05, 3.63) is 59.8 Å². The van der Waals surface area contributed by atoms with Crippen molar-refractivity contribution >= 4 is 0 Å². The lowest BCUT2D eigenvalue weighted by Crippen LogP contribution is -1.86. The Kier molecular flexibility index (Phi) is 2.05. The summed E-state index contributed by atoms with van der Waals surface area (Å²) in [7, 11) is 0. The normalized spacial score (nSPS) is 21.2. The Morgan fingerprint density at radius 3 is 2.92 bits per heavy atom. The van der Waals surface area contributed by atoms with Crippen LogP contribution in [0.25, 0.3) is 0 Å². The van der Waals surface area contributed by atoms with Gasteiger partial charge in [-0.1, -0.05) is 37.5 Å². The first-order chi connectivity index (χ1) is 6.33. The van der Waals surface area contributed by atoms with Gasteiger partial charge in [0, 0.05) is 0 Å². The molecule has 1 fully saturated rings. The lowest BCUT2D eigenvalue weighted by atomic mass is 9.99. The molecular weight excluding hydrogens is 156 g/mol. The van der Waals surface area contributed by atoms with Crippen LogP contribution in [0, 0.1) is 0 Å². The van der Waals surface area contributed by atoms with Gasteiger partial charge < -0.3 is 0 Å². The van der Waals surface area contributed by atoms with Crippen molar-refractivity contribution in [1.29, 1.82) is 0 Å². The van der Waals surface area contributed by atoms with Crippen LogP contribution in [0.1, 0.15) is 19.3 Å². The molecular formula is C13H14. The van der Waals surface area contributed by atoms with Gasteiger partial charge in [0.2, 0.25) is 0 Å². The molecule has 0 aliphatic heterocycles. The van der Waals surface area contributed by atoms with E-state index >= 15 is 0 Å². The highest BCUT2D eigenvalue weighted by Gasteiger charge is 2.20. The molecule has 66 valence electrons. The van der Waals surface area contributed by atoms with Crippen molar-refractivity contribution in [3.8, 4) is 0 Å². The standard InChI is InChI=1S/C13H14/c1-3-11-6-4-5-7-12-9-8-10(2)13(11)12/h3-5,7H,1-2,6,8-9H2. The number of allylic oxidation sites excluding steroid dienone is 8. The first-order valence-corrected chi connectivity index (χ1v) is 4.72. The summed E-state index contributed by atoms with van der Waals surface area (Å²) < 4.78 is 0. The Labute approximate surface area is 79.7 Å². The summed E-state index contributed by atoms with van der Waals surface area (Å²) in [6, 6.07) is 0. The monoisotopic (exact) mass is 170 g/mol. The van der Waals surface area contributed by atoms with Crippen LogP contribution >= 0.6 is 0 Å². The van der Waals surface area contributed by atoms with Crippen LogP contribution in [-0.4, -0.2) is 0 Å². The third-order valence-corrected chi connectivity index (χ3v) is 2.71. The van der Waals surface area contributed by atoms with Crippen molar-refractivity contribution < 1.29 is 0 Å². The van der Waals surface area contributed by atoms with Crippen molar-refractivity contribution in [2.75, 3.05) is 0 Å². The van der Waals surface area contributed by atoms with E-state index in [0.717, 1.165) is 19.3 Å². The molecule has 0 bridgehead atoms. The van der Waals surface area contributed by atoms with E-state index in [1.807, 2.05) is 6.08 Å². The maximum absolute atomic E-state index is 4.10. The Balaban J connectivity index is 2.56. The molecule has 0 heteroatoms. The summed E-state index contributed by atoms with van der Waals surface area (Å²) in [6.07, 6.45) is 11.8. The molecule has 13 heavy (non-hydrogen) atoms. The molecule has 0 aromatic carbocycles. The molecule has 2 aliphatic rings. The van der Waals surface area contributed by atoms with Gasteiger partial charge in [0.15, 0.2) is 0 Å². The lowest BCUT2D eigenvalue weighted by Gasteiger charge is -2.05. The predicted molar refractivity (Wildman–Crippen MR) is 57.4 cm³/mol. The quantitative estimate of drug-likeness (QED) is 0.562. The minimum atomic E-state index is 0.998.